The minimum atomic E-state index is -0.411. The van der Waals surface area contributed by atoms with Gasteiger partial charge in [0.25, 0.3) is 0 Å². The molecule has 0 bridgehead atoms. The van der Waals surface area contributed by atoms with E-state index in [0.717, 1.165) is 12.2 Å². The molecule has 2 heteroatoms. The highest BCUT2D eigenvalue weighted by Crippen LogP contribution is 2.72. The van der Waals surface area contributed by atoms with Crippen molar-refractivity contribution in [2.45, 2.75) is 6.42 Å². The Morgan fingerprint density at radius 1 is 0.880 bits per heavy atom. The molecule has 0 aromatic carbocycles. The number of allylic oxidation sites excluding steroid dienone is 14. The minimum Gasteiger partial charge on any atom is -0.430 e. The second-order valence-electron chi connectivity index (χ2n) is 7.97. The van der Waals surface area contributed by atoms with E-state index < -0.39 is 5.41 Å². The van der Waals surface area contributed by atoms with Gasteiger partial charge < -0.3 is 4.74 Å². The van der Waals surface area contributed by atoms with Gasteiger partial charge in [-0.15, -0.1) is 0 Å². The average molecular weight is 328 g/mol. The fourth-order valence-electron chi connectivity index (χ4n) is 6.02. The summed E-state index contributed by atoms with van der Waals surface area (Å²) in [5, 5.41) is 0. The van der Waals surface area contributed by atoms with E-state index >= 15 is 0 Å². The number of rotatable bonds is 0. The molecule has 0 aromatic heterocycles. The van der Waals surface area contributed by atoms with Crippen molar-refractivity contribution in [3.63, 3.8) is 0 Å². The third-order valence-electron chi connectivity index (χ3n) is 7.10. The molecule has 0 radical (unpaired) electrons. The number of hydrogen-bond acceptors (Lipinski definition) is 2. The predicted octanol–water partition coefficient (Wildman–Crippen LogP) is 4.28. The summed E-state index contributed by atoms with van der Waals surface area (Å²) in [7, 11) is 0. The minimum absolute atomic E-state index is 0.00870. The molecular formula is C23H20O2. The second-order valence-corrected chi connectivity index (χ2v) is 7.97. The van der Waals surface area contributed by atoms with Crippen molar-refractivity contribution >= 4 is 5.97 Å². The second kappa shape index (κ2) is 4.63. The summed E-state index contributed by atoms with van der Waals surface area (Å²) in [6.45, 7) is 0. The van der Waals surface area contributed by atoms with E-state index in [-0.39, 0.29) is 23.7 Å². The lowest BCUT2D eigenvalue weighted by Gasteiger charge is -2.33. The number of hydrogen-bond donors (Lipinski definition) is 0. The highest BCUT2D eigenvalue weighted by molar-refractivity contribution is 5.87. The van der Waals surface area contributed by atoms with E-state index in [1.165, 1.54) is 5.57 Å². The summed E-state index contributed by atoms with van der Waals surface area (Å²) in [6, 6.07) is 0. The Balaban J connectivity index is 1.54. The summed E-state index contributed by atoms with van der Waals surface area (Å²) in [4.78, 5) is 13.2. The van der Waals surface area contributed by atoms with Gasteiger partial charge in [0.1, 0.15) is 5.76 Å². The van der Waals surface area contributed by atoms with E-state index in [9.17, 15) is 4.79 Å². The van der Waals surface area contributed by atoms with Crippen LogP contribution in [0.5, 0.6) is 0 Å². The monoisotopic (exact) mass is 328 g/mol. The SMILES string of the molecule is O=C1OC2=C3C(C=CC=C[C@@H]3[C@@H]3C=CC=CC[C@H]23)C12[C@@H]1C=CC=C[C@@H]12. The van der Waals surface area contributed by atoms with Gasteiger partial charge in [-0.2, -0.15) is 0 Å². The lowest BCUT2D eigenvalue weighted by Crippen LogP contribution is -2.36. The van der Waals surface area contributed by atoms with Crippen molar-refractivity contribution in [1.29, 1.82) is 0 Å². The zero-order chi connectivity index (χ0) is 16.6. The van der Waals surface area contributed by atoms with Crippen LogP contribution in [0.15, 0.2) is 84.2 Å². The molecule has 2 unspecified atom stereocenters. The van der Waals surface area contributed by atoms with Crippen molar-refractivity contribution in [2.24, 2.45) is 40.9 Å². The first kappa shape index (κ1) is 13.9. The van der Waals surface area contributed by atoms with Crippen LogP contribution in [0.2, 0.25) is 0 Å². The molecule has 0 N–H and O–H groups in total. The Bertz CT molecular complexity index is 858. The molecule has 25 heavy (non-hydrogen) atoms. The third-order valence-corrected chi connectivity index (χ3v) is 7.10. The summed E-state index contributed by atoms with van der Waals surface area (Å²) < 4.78 is 6.13. The van der Waals surface area contributed by atoms with Gasteiger partial charge in [-0.1, -0.05) is 72.9 Å². The molecule has 1 aliphatic heterocycles. The number of carbonyl (C=O) groups excluding carboxylic acids is 1. The van der Waals surface area contributed by atoms with E-state index in [1.54, 1.807) is 0 Å². The lowest BCUT2D eigenvalue weighted by atomic mass is 9.74. The molecule has 1 saturated carbocycles. The van der Waals surface area contributed by atoms with Gasteiger partial charge >= 0.3 is 5.97 Å². The highest BCUT2D eigenvalue weighted by atomic mass is 16.5. The molecule has 1 fully saturated rings. The molecule has 0 amide bonds. The first-order chi connectivity index (χ1) is 12.3. The Labute approximate surface area is 147 Å². The van der Waals surface area contributed by atoms with Crippen molar-refractivity contribution < 1.29 is 9.53 Å². The van der Waals surface area contributed by atoms with Gasteiger partial charge in [0.05, 0.1) is 5.41 Å². The average Bonchev–Trinajstić information content (AvgIpc) is 3.32. The van der Waals surface area contributed by atoms with Crippen LogP contribution in [-0.4, -0.2) is 5.97 Å². The highest BCUT2D eigenvalue weighted by Gasteiger charge is 2.75. The van der Waals surface area contributed by atoms with E-state index in [4.69, 9.17) is 4.74 Å². The molecule has 2 nitrogen and oxygen atoms in total. The van der Waals surface area contributed by atoms with Crippen LogP contribution in [0.3, 0.4) is 0 Å². The van der Waals surface area contributed by atoms with Crippen molar-refractivity contribution in [3.8, 4) is 0 Å². The van der Waals surface area contributed by atoms with Gasteiger partial charge in [-0.3, -0.25) is 4.79 Å². The topological polar surface area (TPSA) is 26.3 Å². The maximum atomic E-state index is 13.2. The van der Waals surface area contributed by atoms with Crippen LogP contribution in [0.4, 0.5) is 0 Å². The Hall–Kier alpha value is -2.35. The molecule has 124 valence electrons. The Kier molecular flexibility index (Phi) is 2.57. The van der Waals surface area contributed by atoms with Crippen molar-refractivity contribution in [2.75, 3.05) is 0 Å². The molecule has 1 spiro atoms. The maximum Gasteiger partial charge on any atom is 0.319 e. The first-order valence-corrected chi connectivity index (χ1v) is 9.33. The van der Waals surface area contributed by atoms with Crippen molar-refractivity contribution in [3.05, 3.63) is 84.2 Å². The summed E-state index contributed by atoms with van der Waals surface area (Å²) in [5.41, 5.74) is 0.961. The number of ether oxygens (including phenoxy) is 1. The van der Waals surface area contributed by atoms with Crippen molar-refractivity contribution in [1.82, 2.24) is 0 Å². The van der Waals surface area contributed by atoms with Gasteiger partial charge in [0, 0.05) is 29.6 Å². The van der Waals surface area contributed by atoms with Crippen LogP contribution >= 0.6 is 0 Å². The molecule has 5 aliphatic carbocycles. The first-order valence-electron chi connectivity index (χ1n) is 9.33. The fraction of sp³-hybridized carbons (Fsp3) is 0.348. The summed E-state index contributed by atoms with van der Waals surface area (Å²) in [5.74, 6) is 2.73. The van der Waals surface area contributed by atoms with E-state index in [2.05, 4.69) is 72.9 Å². The van der Waals surface area contributed by atoms with Crippen LogP contribution in [0.25, 0.3) is 0 Å². The molecule has 6 rings (SSSR count). The Morgan fingerprint density at radius 3 is 2.44 bits per heavy atom. The van der Waals surface area contributed by atoms with Gasteiger partial charge in [-0.05, 0) is 17.9 Å². The summed E-state index contributed by atoms with van der Waals surface area (Å²) in [6.07, 6.45) is 27.2. The molecule has 0 aromatic rings. The summed E-state index contributed by atoms with van der Waals surface area (Å²) >= 11 is 0. The lowest BCUT2D eigenvalue weighted by molar-refractivity contribution is -0.151. The van der Waals surface area contributed by atoms with Gasteiger partial charge in [0.2, 0.25) is 0 Å². The number of fused-ring (bicyclic) bond motifs is 7. The molecule has 1 heterocycles. The smallest absolute Gasteiger partial charge is 0.319 e. The predicted molar refractivity (Wildman–Crippen MR) is 95.9 cm³/mol. The zero-order valence-electron chi connectivity index (χ0n) is 13.9. The van der Waals surface area contributed by atoms with Crippen LogP contribution < -0.4 is 0 Å². The molecule has 0 saturated heterocycles. The third kappa shape index (κ3) is 1.54. The standard InChI is InChI=1S/C23H20O2/c24-22-23(17-11-6-7-12-18(17)23)19-13-5-4-9-15-14-8-2-1-3-10-16(14)21(25-22)20(15)19/h1-9,11-19H,10H2/t14-,15+,16-,17-,18+,19?,23?/m0/s1. The van der Waals surface area contributed by atoms with Crippen LogP contribution in [-0.2, 0) is 9.53 Å². The van der Waals surface area contributed by atoms with Crippen LogP contribution in [0, 0.1) is 40.9 Å². The number of carbonyl (C=O) groups is 1. The van der Waals surface area contributed by atoms with Gasteiger partial charge in [0.15, 0.2) is 0 Å². The molecule has 7 atom stereocenters. The normalized spacial score (nSPS) is 47.3. The zero-order valence-corrected chi connectivity index (χ0v) is 13.9. The maximum absolute atomic E-state index is 13.2. The quantitative estimate of drug-likeness (QED) is 0.621. The number of esters is 1. The van der Waals surface area contributed by atoms with Crippen LogP contribution in [0.1, 0.15) is 6.42 Å². The molecular weight excluding hydrogens is 308 g/mol. The van der Waals surface area contributed by atoms with E-state index in [1.807, 2.05) is 0 Å². The van der Waals surface area contributed by atoms with Gasteiger partial charge in [-0.25, -0.2) is 0 Å². The largest absolute Gasteiger partial charge is 0.430 e. The Morgan fingerprint density at radius 2 is 1.60 bits per heavy atom. The fourth-order valence-corrected chi connectivity index (χ4v) is 6.02. The van der Waals surface area contributed by atoms with E-state index in [0.29, 0.717) is 17.8 Å². The molecule has 6 aliphatic rings.